The summed E-state index contributed by atoms with van der Waals surface area (Å²) >= 11 is 0. The first kappa shape index (κ1) is 15.9. The summed E-state index contributed by atoms with van der Waals surface area (Å²) in [5, 5.41) is 12.4. The van der Waals surface area contributed by atoms with Crippen LogP contribution < -0.4 is 20.7 Å². The number of hydrogen-bond donors (Lipinski definition) is 3. The lowest BCUT2D eigenvalue weighted by atomic mass is 10.2. The summed E-state index contributed by atoms with van der Waals surface area (Å²) in [5.41, 5.74) is 1.20. The fourth-order valence-electron chi connectivity index (χ4n) is 2.39. The van der Waals surface area contributed by atoms with E-state index in [2.05, 4.69) is 21.0 Å². The number of nitrogens with zero attached hydrogens (tertiary/aromatic N) is 2. The van der Waals surface area contributed by atoms with E-state index in [9.17, 15) is 9.59 Å². The van der Waals surface area contributed by atoms with E-state index in [-0.39, 0.29) is 24.5 Å². The zero-order chi connectivity index (χ0) is 16.9. The molecule has 1 atom stereocenters. The molecule has 0 spiro atoms. The third kappa shape index (κ3) is 4.03. The Morgan fingerprint density at radius 1 is 1.50 bits per heavy atom. The topological polar surface area (TPSA) is 97.3 Å². The molecule has 0 radical (unpaired) electrons. The normalized spacial score (nSPS) is 14.1. The van der Waals surface area contributed by atoms with Crippen molar-refractivity contribution in [1.82, 2.24) is 15.1 Å². The highest BCUT2D eigenvalue weighted by atomic mass is 16.5. The Balaban J connectivity index is 1.49. The molecule has 1 aromatic heterocycles. The smallest absolute Gasteiger partial charge is 0.319 e. The summed E-state index contributed by atoms with van der Waals surface area (Å²) in [6.07, 6.45) is 3.62. The lowest BCUT2D eigenvalue weighted by Gasteiger charge is -2.19. The average molecular weight is 329 g/mol. The number of fused-ring (bicyclic) bond motifs is 1. The highest BCUT2D eigenvalue weighted by Crippen LogP contribution is 2.30. The first-order chi connectivity index (χ1) is 11.6. The second-order valence-electron chi connectivity index (χ2n) is 5.72. The summed E-state index contributed by atoms with van der Waals surface area (Å²) in [7, 11) is 0. The summed E-state index contributed by atoms with van der Waals surface area (Å²) < 4.78 is 7.15. The molecule has 0 saturated carbocycles. The van der Waals surface area contributed by atoms with E-state index in [0.717, 1.165) is 6.54 Å². The van der Waals surface area contributed by atoms with Gasteiger partial charge in [-0.1, -0.05) is 6.92 Å². The van der Waals surface area contributed by atoms with Crippen molar-refractivity contribution >= 4 is 23.3 Å². The average Bonchev–Trinajstić information content (AvgIpc) is 3.06. The summed E-state index contributed by atoms with van der Waals surface area (Å²) in [5.74, 6) is 0.601. The molecule has 1 unspecified atom stereocenters. The zero-order valence-electron chi connectivity index (χ0n) is 13.3. The van der Waals surface area contributed by atoms with Gasteiger partial charge in [-0.3, -0.25) is 9.48 Å². The molecule has 2 aromatic rings. The van der Waals surface area contributed by atoms with Crippen molar-refractivity contribution in [1.29, 1.82) is 0 Å². The van der Waals surface area contributed by atoms with Crippen molar-refractivity contribution in [2.75, 3.05) is 23.8 Å². The van der Waals surface area contributed by atoms with E-state index in [1.54, 1.807) is 24.4 Å². The Labute approximate surface area is 139 Å². The van der Waals surface area contributed by atoms with Gasteiger partial charge in [0.25, 0.3) is 5.91 Å². The SMILES string of the molecule is CC(CNC(=O)Nc1ccc2c(c1)OCC(=O)N2)Cn1cccn1. The van der Waals surface area contributed by atoms with Gasteiger partial charge in [-0.25, -0.2) is 4.79 Å². The number of rotatable bonds is 5. The van der Waals surface area contributed by atoms with E-state index < -0.39 is 0 Å². The molecule has 3 rings (SSSR count). The molecule has 0 aliphatic carbocycles. The van der Waals surface area contributed by atoms with Crippen LogP contribution in [0.3, 0.4) is 0 Å². The molecular formula is C16H19N5O3. The molecule has 2 heterocycles. The van der Waals surface area contributed by atoms with Crippen molar-refractivity contribution in [3.05, 3.63) is 36.7 Å². The Morgan fingerprint density at radius 3 is 3.17 bits per heavy atom. The second kappa shape index (κ2) is 7.03. The van der Waals surface area contributed by atoms with Crippen LogP contribution in [0.5, 0.6) is 5.75 Å². The van der Waals surface area contributed by atoms with Crippen LogP contribution in [0.4, 0.5) is 16.2 Å². The molecule has 1 aromatic carbocycles. The van der Waals surface area contributed by atoms with Crippen molar-refractivity contribution in [2.45, 2.75) is 13.5 Å². The minimum Gasteiger partial charge on any atom is -0.482 e. The number of hydrogen-bond acceptors (Lipinski definition) is 4. The van der Waals surface area contributed by atoms with Crippen LogP contribution in [-0.4, -0.2) is 34.9 Å². The maximum atomic E-state index is 12.0. The van der Waals surface area contributed by atoms with Gasteiger partial charge in [0, 0.05) is 37.2 Å². The van der Waals surface area contributed by atoms with Crippen molar-refractivity contribution < 1.29 is 14.3 Å². The summed E-state index contributed by atoms with van der Waals surface area (Å²) in [6, 6.07) is 6.67. The minimum atomic E-state index is -0.290. The molecule has 8 heteroatoms. The van der Waals surface area contributed by atoms with Gasteiger partial charge in [0.2, 0.25) is 0 Å². The van der Waals surface area contributed by atoms with E-state index in [1.807, 2.05) is 23.9 Å². The van der Waals surface area contributed by atoms with Gasteiger partial charge >= 0.3 is 6.03 Å². The van der Waals surface area contributed by atoms with Crippen LogP contribution in [0, 0.1) is 5.92 Å². The summed E-state index contributed by atoms with van der Waals surface area (Å²) in [4.78, 5) is 23.2. The monoisotopic (exact) mass is 329 g/mol. The molecule has 24 heavy (non-hydrogen) atoms. The van der Waals surface area contributed by atoms with E-state index >= 15 is 0 Å². The number of nitrogens with one attached hydrogen (secondary N) is 3. The zero-order valence-corrected chi connectivity index (χ0v) is 13.3. The number of anilines is 2. The van der Waals surface area contributed by atoms with Gasteiger partial charge in [0.05, 0.1) is 5.69 Å². The van der Waals surface area contributed by atoms with E-state index in [1.165, 1.54) is 0 Å². The summed E-state index contributed by atoms with van der Waals surface area (Å²) in [6.45, 7) is 3.29. The van der Waals surface area contributed by atoms with Crippen LogP contribution >= 0.6 is 0 Å². The first-order valence-electron chi connectivity index (χ1n) is 7.69. The molecule has 1 aliphatic rings. The predicted molar refractivity (Wildman–Crippen MR) is 89.0 cm³/mol. The van der Waals surface area contributed by atoms with Crippen molar-refractivity contribution in [3.63, 3.8) is 0 Å². The fraction of sp³-hybridized carbons (Fsp3) is 0.312. The van der Waals surface area contributed by atoms with Gasteiger partial charge in [-0.05, 0) is 24.1 Å². The maximum Gasteiger partial charge on any atom is 0.319 e. The number of benzene rings is 1. The largest absolute Gasteiger partial charge is 0.482 e. The lowest BCUT2D eigenvalue weighted by molar-refractivity contribution is -0.118. The van der Waals surface area contributed by atoms with Crippen molar-refractivity contribution in [3.8, 4) is 5.75 Å². The molecule has 8 nitrogen and oxygen atoms in total. The highest BCUT2D eigenvalue weighted by molar-refractivity contribution is 5.96. The van der Waals surface area contributed by atoms with E-state index in [4.69, 9.17) is 4.74 Å². The molecular weight excluding hydrogens is 310 g/mol. The molecule has 1 aliphatic heterocycles. The number of carbonyl (C=O) groups is 2. The number of amides is 3. The number of urea groups is 1. The Hall–Kier alpha value is -3.03. The van der Waals surface area contributed by atoms with Crippen LogP contribution in [0.2, 0.25) is 0 Å². The van der Waals surface area contributed by atoms with Gasteiger partial charge < -0.3 is 20.7 Å². The lowest BCUT2D eigenvalue weighted by Crippen LogP contribution is -2.33. The van der Waals surface area contributed by atoms with Gasteiger partial charge in [-0.15, -0.1) is 0 Å². The van der Waals surface area contributed by atoms with Crippen LogP contribution in [0.25, 0.3) is 0 Å². The molecule has 126 valence electrons. The van der Waals surface area contributed by atoms with Crippen molar-refractivity contribution in [2.24, 2.45) is 5.92 Å². The predicted octanol–water partition coefficient (Wildman–Crippen LogP) is 1.67. The molecule has 0 saturated heterocycles. The number of ether oxygens (including phenoxy) is 1. The number of carbonyl (C=O) groups excluding carboxylic acids is 2. The Kier molecular flexibility index (Phi) is 4.64. The second-order valence-corrected chi connectivity index (χ2v) is 5.72. The van der Waals surface area contributed by atoms with Gasteiger partial charge in [-0.2, -0.15) is 5.10 Å². The number of aromatic nitrogens is 2. The fourth-order valence-corrected chi connectivity index (χ4v) is 2.39. The van der Waals surface area contributed by atoms with Crippen LogP contribution in [-0.2, 0) is 11.3 Å². The van der Waals surface area contributed by atoms with Crippen LogP contribution in [0.15, 0.2) is 36.7 Å². The first-order valence-corrected chi connectivity index (χ1v) is 7.69. The van der Waals surface area contributed by atoms with Crippen LogP contribution in [0.1, 0.15) is 6.92 Å². The Morgan fingerprint density at radius 2 is 2.38 bits per heavy atom. The van der Waals surface area contributed by atoms with E-state index in [0.29, 0.717) is 23.7 Å². The molecule has 3 N–H and O–H groups in total. The molecule has 0 bridgehead atoms. The Bertz CT molecular complexity index is 729. The quantitative estimate of drug-likeness (QED) is 0.777. The third-order valence-corrected chi connectivity index (χ3v) is 3.54. The third-order valence-electron chi connectivity index (χ3n) is 3.54. The van der Waals surface area contributed by atoms with Gasteiger partial charge in [0.1, 0.15) is 5.75 Å². The minimum absolute atomic E-state index is 0.0202. The maximum absolute atomic E-state index is 12.0. The standard InChI is InChI=1S/C16H19N5O3/c1-11(9-21-6-2-5-18-21)8-17-16(23)19-12-3-4-13-14(7-12)24-10-15(22)20-13/h2-7,11H,8-10H2,1H3,(H,20,22)(H2,17,19,23). The molecule has 0 fully saturated rings. The highest BCUT2D eigenvalue weighted by Gasteiger charge is 2.16. The van der Waals surface area contributed by atoms with Gasteiger partial charge in [0.15, 0.2) is 6.61 Å². The molecule has 3 amide bonds.